The van der Waals surface area contributed by atoms with Crippen LogP contribution in [0.25, 0.3) is 0 Å². The number of nitrogens with two attached hydrogens (primary N) is 1. The number of nitrogens with one attached hydrogen (secondary N) is 1. The molecule has 0 spiro atoms. The van der Waals surface area contributed by atoms with E-state index in [1.165, 1.54) is 19.3 Å². The van der Waals surface area contributed by atoms with Crippen LogP contribution in [0.5, 0.6) is 0 Å². The van der Waals surface area contributed by atoms with E-state index in [1.807, 2.05) is 24.3 Å². The highest BCUT2D eigenvalue weighted by atomic mass is 16.1. The van der Waals surface area contributed by atoms with Crippen LogP contribution < -0.4 is 11.1 Å². The smallest absolute Gasteiger partial charge is 0.224 e. The van der Waals surface area contributed by atoms with Crippen molar-refractivity contribution in [3.05, 3.63) is 35.4 Å². The van der Waals surface area contributed by atoms with Gasteiger partial charge in [0.15, 0.2) is 0 Å². The highest BCUT2D eigenvalue weighted by molar-refractivity contribution is 5.79. The second-order valence-corrected chi connectivity index (χ2v) is 5.78. The summed E-state index contributed by atoms with van der Waals surface area (Å²) in [6, 6.07) is 8.30. The molecule has 0 aliphatic heterocycles. The van der Waals surface area contributed by atoms with E-state index in [0.29, 0.717) is 24.9 Å². The Hall–Kier alpha value is -1.35. The van der Waals surface area contributed by atoms with Crippen LogP contribution in [0.2, 0.25) is 0 Å². The monoisotopic (exact) mass is 274 g/mol. The molecule has 0 bridgehead atoms. The van der Waals surface area contributed by atoms with Crippen molar-refractivity contribution in [2.75, 3.05) is 0 Å². The number of hydrogen-bond donors (Lipinski definition) is 2. The van der Waals surface area contributed by atoms with E-state index in [4.69, 9.17) is 5.73 Å². The van der Waals surface area contributed by atoms with Gasteiger partial charge in [-0.1, -0.05) is 50.5 Å². The molecule has 1 aromatic rings. The molecule has 2 rings (SSSR count). The van der Waals surface area contributed by atoms with Crippen LogP contribution in [0.4, 0.5) is 0 Å². The fourth-order valence-electron chi connectivity index (χ4n) is 3.25. The first-order valence-electron chi connectivity index (χ1n) is 7.80. The number of rotatable bonds is 5. The largest absolute Gasteiger partial charge is 0.353 e. The zero-order chi connectivity index (χ0) is 14.4. The van der Waals surface area contributed by atoms with Crippen molar-refractivity contribution in [1.29, 1.82) is 0 Å². The fraction of sp³-hybridized carbons (Fsp3) is 0.588. The first-order chi connectivity index (χ1) is 9.74. The van der Waals surface area contributed by atoms with E-state index in [1.54, 1.807) is 0 Å². The summed E-state index contributed by atoms with van der Waals surface area (Å²) in [5.41, 5.74) is 7.84. The van der Waals surface area contributed by atoms with Crippen molar-refractivity contribution in [3.63, 3.8) is 0 Å². The molecule has 1 amide bonds. The molecule has 0 radical (unpaired) electrons. The normalized spacial score (nSPS) is 22.5. The van der Waals surface area contributed by atoms with Gasteiger partial charge < -0.3 is 11.1 Å². The van der Waals surface area contributed by atoms with E-state index in [9.17, 15) is 4.79 Å². The highest BCUT2D eigenvalue weighted by Gasteiger charge is 2.24. The Balaban J connectivity index is 1.94. The third-order valence-electron chi connectivity index (χ3n) is 4.47. The fourth-order valence-corrected chi connectivity index (χ4v) is 3.25. The quantitative estimate of drug-likeness (QED) is 0.867. The molecule has 1 fully saturated rings. The van der Waals surface area contributed by atoms with Crippen molar-refractivity contribution in [1.82, 2.24) is 5.32 Å². The molecule has 0 heterocycles. The van der Waals surface area contributed by atoms with Gasteiger partial charge in [0, 0.05) is 12.6 Å². The third kappa shape index (κ3) is 3.83. The van der Waals surface area contributed by atoms with Crippen LogP contribution in [0.15, 0.2) is 24.3 Å². The number of hydrogen-bond acceptors (Lipinski definition) is 2. The van der Waals surface area contributed by atoms with E-state index in [0.717, 1.165) is 24.0 Å². The van der Waals surface area contributed by atoms with Gasteiger partial charge in [-0.05, 0) is 29.9 Å². The number of amides is 1. The Bertz CT molecular complexity index is 444. The molecule has 3 heteroatoms. The Morgan fingerprint density at radius 2 is 1.95 bits per heavy atom. The summed E-state index contributed by atoms with van der Waals surface area (Å²) < 4.78 is 0. The van der Waals surface area contributed by atoms with Crippen molar-refractivity contribution >= 4 is 5.91 Å². The van der Waals surface area contributed by atoms with Crippen molar-refractivity contribution in [3.8, 4) is 0 Å². The minimum Gasteiger partial charge on any atom is -0.353 e. The predicted octanol–water partition coefficient (Wildman–Crippen LogP) is 2.77. The Morgan fingerprint density at radius 1 is 1.25 bits per heavy atom. The van der Waals surface area contributed by atoms with Crippen molar-refractivity contribution < 1.29 is 4.79 Å². The first kappa shape index (κ1) is 15.0. The minimum atomic E-state index is 0.135. The molecule has 20 heavy (non-hydrogen) atoms. The Labute approximate surface area is 121 Å². The summed E-state index contributed by atoms with van der Waals surface area (Å²) in [7, 11) is 0. The predicted molar refractivity (Wildman–Crippen MR) is 82.2 cm³/mol. The van der Waals surface area contributed by atoms with E-state index in [-0.39, 0.29) is 5.91 Å². The lowest BCUT2D eigenvalue weighted by Crippen LogP contribution is -2.42. The van der Waals surface area contributed by atoms with Crippen LogP contribution in [-0.2, 0) is 17.8 Å². The van der Waals surface area contributed by atoms with Gasteiger partial charge in [-0.15, -0.1) is 0 Å². The zero-order valence-electron chi connectivity index (χ0n) is 12.4. The number of carbonyl (C=O) groups is 1. The van der Waals surface area contributed by atoms with Gasteiger partial charge in [0.2, 0.25) is 5.91 Å². The van der Waals surface area contributed by atoms with Crippen LogP contribution in [0.1, 0.15) is 50.2 Å². The Morgan fingerprint density at radius 3 is 2.65 bits per heavy atom. The third-order valence-corrected chi connectivity index (χ3v) is 4.47. The van der Waals surface area contributed by atoms with E-state index < -0.39 is 0 Å². The molecule has 2 atom stereocenters. The van der Waals surface area contributed by atoms with E-state index >= 15 is 0 Å². The average Bonchev–Trinajstić information content (AvgIpc) is 2.48. The van der Waals surface area contributed by atoms with Crippen molar-refractivity contribution in [2.45, 2.75) is 58.0 Å². The van der Waals surface area contributed by atoms with Gasteiger partial charge in [-0.25, -0.2) is 0 Å². The number of carbonyl (C=O) groups excluding carboxylic acids is 1. The second kappa shape index (κ2) is 7.44. The zero-order valence-corrected chi connectivity index (χ0v) is 12.4. The number of benzene rings is 1. The summed E-state index contributed by atoms with van der Waals surface area (Å²) in [6.45, 7) is 2.71. The molecule has 0 saturated heterocycles. The summed E-state index contributed by atoms with van der Waals surface area (Å²) in [4.78, 5) is 12.3. The van der Waals surface area contributed by atoms with Crippen LogP contribution in [0, 0.1) is 5.92 Å². The Kier molecular flexibility index (Phi) is 5.60. The molecular formula is C17H26N2O. The lowest BCUT2D eigenvalue weighted by molar-refractivity contribution is -0.121. The molecule has 3 N–H and O–H groups in total. The van der Waals surface area contributed by atoms with Crippen molar-refractivity contribution in [2.24, 2.45) is 11.7 Å². The maximum atomic E-state index is 12.3. The summed E-state index contributed by atoms with van der Waals surface area (Å²) in [5, 5.41) is 3.24. The molecule has 110 valence electrons. The minimum absolute atomic E-state index is 0.135. The highest BCUT2D eigenvalue weighted by Crippen LogP contribution is 2.26. The maximum Gasteiger partial charge on any atom is 0.224 e. The molecule has 2 unspecified atom stereocenters. The maximum absolute atomic E-state index is 12.3. The summed E-state index contributed by atoms with van der Waals surface area (Å²) >= 11 is 0. The molecule has 3 nitrogen and oxygen atoms in total. The van der Waals surface area contributed by atoms with Gasteiger partial charge >= 0.3 is 0 Å². The van der Waals surface area contributed by atoms with Gasteiger partial charge in [0.25, 0.3) is 0 Å². The van der Waals surface area contributed by atoms with Gasteiger partial charge in [0.1, 0.15) is 0 Å². The van der Waals surface area contributed by atoms with Gasteiger partial charge in [-0.3, -0.25) is 4.79 Å². The lowest BCUT2D eigenvalue weighted by atomic mass is 9.83. The SMILES string of the molecule is CCC1CCCCC1NC(=O)Cc1ccccc1CN. The second-order valence-electron chi connectivity index (χ2n) is 5.78. The molecular weight excluding hydrogens is 248 g/mol. The van der Waals surface area contributed by atoms with Crippen LogP contribution in [0.3, 0.4) is 0 Å². The molecule has 0 aromatic heterocycles. The van der Waals surface area contributed by atoms with Crippen LogP contribution >= 0.6 is 0 Å². The first-order valence-corrected chi connectivity index (χ1v) is 7.80. The molecule has 1 saturated carbocycles. The van der Waals surface area contributed by atoms with Gasteiger partial charge in [0.05, 0.1) is 6.42 Å². The van der Waals surface area contributed by atoms with Crippen LogP contribution in [-0.4, -0.2) is 11.9 Å². The average molecular weight is 274 g/mol. The van der Waals surface area contributed by atoms with E-state index in [2.05, 4.69) is 12.2 Å². The molecule has 1 aliphatic rings. The molecule has 1 aliphatic carbocycles. The summed E-state index contributed by atoms with van der Waals surface area (Å²) in [5.74, 6) is 0.786. The molecule has 1 aromatic carbocycles. The van der Waals surface area contributed by atoms with Gasteiger partial charge in [-0.2, -0.15) is 0 Å². The topological polar surface area (TPSA) is 55.1 Å². The standard InChI is InChI=1S/C17H26N2O/c1-2-13-7-5-6-10-16(13)19-17(20)11-14-8-3-4-9-15(14)12-18/h3-4,8-9,13,16H,2,5-7,10-12,18H2,1H3,(H,19,20). The lowest BCUT2D eigenvalue weighted by Gasteiger charge is -2.31. The summed E-state index contributed by atoms with van der Waals surface area (Å²) in [6.07, 6.45) is 6.52.